The molecule has 90 valence electrons. The third kappa shape index (κ3) is 11.5. The molecule has 0 aliphatic carbocycles. The zero-order valence-corrected chi connectivity index (χ0v) is 11.2. The fourth-order valence-corrected chi connectivity index (χ4v) is 1.57. The molecule has 0 radical (unpaired) electrons. The quantitative estimate of drug-likeness (QED) is 0.278. The SMILES string of the molecule is COC(=O)CCOCOCC[Si](C)(C)C. The molecular formula is C10H22O4Si. The normalized spacial score (nSPS) is 11.5. The molecule has 5 heteroatoms. The molecule has 0 atom stereocenters. The predicted octanol–water partition coefficient (Wildman–Crippen LogP) is 1.88. The van der Waals surface area contributed by atoms with E-state index in [-0.39, 0.29) is 19.2 Å². The van der Waals surface area contributed by atoms with Gasteiger partial charge in [-0.25, -0.2) is 0 Å². The number of carbonyl (C=O) groups is 1. The number of esters is 1. The van der Waals surface area contributed by atoms with Crippen molar-refractivity contribution in [1.29, 1.82) is 0 Å². The van der Waals surface area contributed by atoms with E-state index in [1.54, 1.807) is 0 Å². The zero-order chi connectivity index (χ0) is 11.7. The lowest BCUT2D eigenvalue weighted by atomic mass is 10.5. The number of rotatable bonds is 8. The Morgan fingerprint density at radius 1 is 1.13 bits per heavy atom. The summed E-state index contributed by atoms with van der Waals surface area (Å²) in [5.41, 5.74) is 0. The van der Waals surface area contributed by atoms with Crippen LogP contribution in [0.1, 0.15) is 6.42 Å². The first-order valence-electron chi connectivity index (χ1n) is 5.18. The molecule has 0 amide bonds. The van der Waals surface area contributed by atoms with Crippen LogP contribution < -0.4 is 0 Å². The lowest BCUT2D eigenvalue weighted by molar-refractivity contribution is -0.143. The van der Waals surface area contributed by atoms with Gasteiger partial charge in [-0.1, -0.05) is 19.6 Å². The van der Waals surface area contributed by atoms with Crippen LogP contribution in [0, 0.1) is 0 Å². The van der Waals surface area contributed by atoms with Crippen molar-refractivity contribution in [3.05, 3.63) is 0 Å². The molecule has 0 aliphatic heterocycles. The summed E-state index contributed by atoms with van der Waals surface area (Å²) in [5, 5.41) is 0. The number of hydrogen-bond acceptors (Lipinski definition) is 4. The van der Waals surface area contributed by atoms with Crippen molar-refractivity contribution < 1.29 is 19.0 Å². The summed E-state index contributed by atoms with van der Waals surface area (Å²) in [6.45, 7) is 8.27. The Morgan fingerprint density at radius 3 is 2.27 bits per heavy atom. The molecule has 0 aromatic rings. The molecule has 0 saturated heterocycles. The summed E-state index contributed by atoms with van der Waals surface area (Å²) in [5.74, 6) is -0.253. The minimum absolute atomic E-state index is 0.253. The van der Waals surface area contributed by atoms with Gasteiger partial charge in [0.15, 0.2) is 0 Å². The van der Waals surface area contributed by atoms with Gasteiger partial charge in [-0.3, -0.25) is 4.79 Å². The lowest BCUT2D eigenvalue weighted by Crippen LogP contribution is -2.22. The van der Waals surface area contributed by atoms with Crippen LogP contribution in [0.15, 0.2) is 0 Å². The van der Waals surface area contributed by atoms with Gasteiger partial charge < -0.3 is 14.2 Å². The van der Waals surface area contributed by atoms with Crippen molar-refractivity contribution in [2.75, 3.05) is 27.1 Å². The van der Waals surface area contributed by atoms with Crippen LogP contribution in [0.5, 0.6) is 0 Å². The Bertz CT molecular complexity index is 177. The first-order valence-corrected chi connectivity index (χ1v) is 8.89. The second-order valence-corrected chi connectivity index (χ2v) is 10.2. The number of hydrogen-bond donors (Lipinski definition) is 0. The molecule has 0 spiro atoms. The van der Waals surface area contributed by atoms with Crippen LogP contribution in [0.4, 0.5) is 0 Å². The van der Waals surface area contributed by atoms with Crippen molar-refractivity contribution in [3.8, 4) is 0 Å². The topological polar surface area (TPSA) is 44.8 Å². The fraction of sp³-hybridized carbons (Fsp3) is 0.900. The van der Waals surface area contributed by atoms with Gasteiger partial charge in [0, 0.05) is 14.7 Å². The highest BCUT2D eigenvalue weighted by Gasteiger charge is 2.11. The summed E-state index contributed by atoms with van der Waals surface area (Å²) >= 11 is 0. The second kappa shape index (κ2) is 7.84. The third-order valence-corrected chi connectivity index (χ3v) is 3.55. The lowest BCUT2D eigenvalue weighted by Gasteiger charge is -2.15. The van der Waals surface area contributed by atoms with Gasteiger partial charge in [0.1, 0.15) is 6.79 Å². The Kier molecular flexibility index (Phi) is 7.64. The average Bonchev–Trinajstić information content (AvgIpc) is 2.14. The van der Waals surface area contributed by atoms with Crippen molar-refractivity contribution >= 4 is 14.0 Å². The van der Waals surface area contributed by atoms with E-state index in [4.69, 9.17) is 9.47 Å². The second-order valence-electron chi connectivity index (χ2n) is 4.57. The first kappa shape index (κ1) is 14.6. The highest BCUT2D eigenvalue weighted by atomic mass is 28.3. The van der Waals surface area contributed by atoms with Gasteiger partial charge in [-0.2, -0.15) is 0 Å². The van der Waals surface area contributed by atoms with E-state index >= 15 is 0 Å². The molecule has 0 aliphatic rings. The maximum absolute atomic E-state index is 10.7. The minimum Gasteiger partial charge on any atom is -0.469 e. The highest BCUT2D eigenvalue weighted by Crippen LogP contribution is 2.07. The third-order valence-electron chi connectivity index (χ3n) is 1.84. The van der Waals surface area contributed by atoms with E-state index in [0.717, 1.165) is 12.7 Å². The molecule has 0 N–H and O–H groups in total. The fourth-order valence-electron chi connectivity index (χ4n) is 0.813. The number of carbonyl (C=O) groups excluding carboxylic acids is 1. The van der Waals surface area contributed by atoms with E-state index in [2.05, 4.69) is 24.4 Å². The van der Waals surface area contributed by atoms with Gasteiger partial charge in [-0.15, -0.1) is 0 Å². The molecule has 0 saturated carbocycles. The maximum Gasteiger partial charge on any atom is 0.307 e. The summed E-state index contributed by atoms with van der Waals surface area (Å²) in [4.78, 5) is 10.7. The van der Waals surface area contributed by atoms with Gasteiger partial charge in [0.25, 0.3) is 0 Å². The maximum atomic E-state index is 10.7. The molecule has 15 heavy (non-hydrogen) atoms. The van der Waals surface area contributed by atoms with Crippen molar-refractivity contribution in [2.24, 2.45) is 0 Å². The monoisotopic (exact) mass is 234 g/mol. The van der Waals surface area contributed by atoms with Gasteiger partial charge in [0.05, 0.1) is 20.1 Å². The van der Waals surface area contributed by atoms with Crippen LogP contribution in [0.3, 0.4) is 0 Å². The molecule has 0 bridgehead atoms. The highest BCUT2D eigenvalue weighted by molar-refractivity contribution is 6.76. The molecule has 0 unspecified atom stereocenters. The smallest absolute Gasteiger partial charge is 0.307 e. The van der Waals surface area contributed by atoms with Crippen LogP contribution >= 0.6 is 0 Å². The first-order chi connectivity index (χ1) is 6.95. The predicted molar refractivity (Wildman–Crippen MR) is 61.6 cm³/mol. The van der Waals surface area contributed by atoms with Crippen LogP contribution in [0.2, 0.25) is 25.7 Å². The van der Waals surface area contributed by atoms with E-state index in [1.165, 1.54) is 7.11 Å². The molecule has 4 nitrogen and oxygen atoms in total. The Balaban J connectivity index is 3.16. The van der Waals surface area contributed by atoms with Gasteiger partial charge >= 0.3 is 5.97 Å². The van der Waals surface area contributed by atoms with Crippen molar-refractivity contribution in [1.82, 2.24) is 0 Å². The summed E-state index contributed by atoms with van der Waals surface area (Å²) < 4.78 is 14.9. The van der Waals surface area contributed by atoms with Crippen LogP contribution in [-0.2, 0) is 19.0 Å². The Hall–Kier alpha value is -0.393. The van der Waals surface area contributed by atoms with Crippen molar-refractivity contribution in [2.45, 2.75) is 32.1 Å². The van der Waals surface area contributed by atoms with Crippen LogP contribution in [-0.4, -0.2) is 41.2 Å². The Labute approximate surface area is 92.9 Å². The molecule has 0 fully saturated rings. The standard InChI is InChI=1S/C10H22O4Si/c1-12-10(11)5-6-13-9-14-7-8-15(2,3)4/h5-9H2,1-4H3. The molecule has 0 aromatic heterocycles. The summed E-state index contributed by atoms with van der Waals surface area (Å²) in [6, 6.07) is 1.13. The van der Waals surface area contributed by atoms with Gasteiger partial charge in [-0.05, 0) is 6.04 Å². The van der Waals surface area contributed by atoms with E-state index in [1.807, 2.05) is 0 Å². The van der Waals surface area contributed by atoms with Crippen molar-refractivity contribution in [3.63, 3.8) is 0 Å². The van der Waals surface area contributed by atoms with Gasteiger partial charge in [0.2, 0.25) is 0 Å². The average molecular weight is 234 g/mol. The number of methoxy groups -OCH3 is 1. The Morgan fingerprint density at radius 2 is 1.73 bits per heavy atom. The van der Waals surface area contributed by atoms with E-state index in [9.17, 15) is 4.79 Å². The summed E-state index contributed by atoms with van der Waals surface area (Å²) in [6.07, 6.45) is 0.286. The summed E-state index contributed by atoms with van der Waals surface area (Å²) in [7, 11) is 0.364. The van der Waals surface area contributed by atoms with Crippen LogP contribution in [0.25, 0.3) is 0 Å². The molecular weight excluding hydrogens is 212 g/mol. The molecule has 0 aromatic carbocycles. The molecule has 0 rings (SSSR count). The van der Waals surface area contributed by atoms with E-state index in [0.29, 0.717) is 6.61 Å². The zero-order valence-electron chi connectivity index (χ0n) is 10.2. The van der Waals surface area contributed by atoms with E-state index < -0.39 is 8.07 Å². The minimum atomic E-state index is -1.00. The molecule has 0 heterocycles. The largest absolute Gasteiger partial charge is 0.469 e. The number of ether oxygens (including phenoxy) is 3.